The van der Waals surface area contributed by atoms with Crippen molar-refractivity contribution in [3.8, 4) is 0 Å². The third kappa shape index (κ3) is 2.92. The number of carbonyl (C=O) groups is 2. The molecular formula is C15H19NO4. The number of nitrogens with zero attached hydrogens (tertiary/aromatic N) is 1. The maximum absolute atomic E-state index is 12.1. The first kappa shape index (κ1) is 14.4. The highest BCUT2D eigenvalue weighted by Gasteiger charge is 2.57. The van der Waals surface area contributed by atoms with Gasteiger partial charge in [0.2, 0.25) is 0 Å². The van der Waals surface area contributed by atoms with Crippen molar-refractivity contribution in [1.82, 2.24) is 4.90 Å². The van der Waals surface area contributed by atoms with Gasteiger partial charge in [-0.05, 0) is 24.8 Å². The van der Waals surface area contributed by atoms with Gasteiger partial charge in [0.05, 0.1) is 0 Å². The third-order valence-electron chi connectivity index (χ3n) is 3.51. The molecule has 108 valence electrons. The normalized spacial score (nSPS) is 15.4. The van der Waals surface area contributed by atoms with E-state index in [2.05, 4.69) is 0 Å². The van der Waals surface area contributed by atoms with Gasteiger partial charge >= 0.3 is 12.1 Å². The highest BCUT2D eigenvalue weighted by Crippen LogP contribution is 2.42. The lowest BCUT2D eigenvalue weighted by Gasteiger charge is -2.27. The predicted octanol–water partition coefficient (Wildman–Crippen LogP) is 2.65. The molecule has 1 aromatic carbocycles. The highest BCUT2D eigenvalue weighted by molar-refractivity contribution is 5.87. The first-order valence-electron chi connectivity index (χ1n) is 6.82. The van der Waals surface area contributed by atoms with Crippen molar-refractivity contribution in [2.24, 2.45) is 0 Å². The number of hydrogen-bond donors (Lipinski definition) is 1. The largest absolute Gasteiger partial charge is 0.479 e. The smallest absolute Gasteiger partial charge is 0.411 e. The van der Waals surface area contributed by atoms with Crippen LogP contribution in [-0.2, 0) is 16.1 Å². The molecule has 1 N–H and O–H groups in total. The lowest BCUT2D eigenvalue weighted by atomic mass is 10.2. The Bertz CT molecular complexity index is 482. The van der Waals surface area contributed by atoms with Crippen molar-refractivity contribution in [3.05, 3.63) is 35.9 Å². The zero-order chi connectivity index (χ0) is 14.6. The van der Waals surface area contributed by atoms with Crippen LogP contribution >= 0.6 is 0 Å². The van der Waals surface area contributed by atoms with Crippen molar-refractivity contribution < 1.29 is 19.4 Å². The van der Waals surface area contributed by atoms with Crippen molar-refractivity contribution >= 4 is 12.1 Å². The quantitative estimate of drug-likeness (QED) is 0.868. The maximum atomic E-state index is 12.1. The molecule has 0 saturated heterocycles. The molecule has 1 saturated carbocycles. The zero-order valence-corrected chi connectivity index (χ0v) is 11.5. The van der Waals surface area contributed by atoms with Gasteiger partial charge in [0, 0.05) is 6.54 Å². The average molecular weight is 277 g/mol. The lowest BCUT2D eigenvalue weighted by molar-refractivity contribution is -0.144. The number of aliphatic carboxylic acids is 1. The van der Waals surface area contributed by atoms with Crippen LogP contribution in [0, 0.1) is 0 Å². The second-order valence-corrected chi connectivity index (χ2v) is 5.03. The first-order valence-corrected chi connectivity index (χ1v) is 6.82. The topological polar surface area (TPSA) is 66.8 Å². The van der Waals surface area contributed by atoms with Gasteiger partial charge < -0.3 is 9.84 Å². The SMILES string of the molecule is CCCN(C(=O)OCc1ccccc1)C1(C(=O)O)CC1. The van der Waals surface area contributed by atoms with Crippen LogP contribution in [0.25, 0.3) is 0 Å². The fourth-order valence-corrected chi connectivity index (χ4v) is 2.22. The predicted molar refractivity (Wildman–Crippen MR) is 73.2 cm³/mol. The van der Waals surface area contributed by atoms with Gasteiger partial charge in [-0.25, -0.2) is 9.59 Å². The molecule has 0 aromatic heterocycles. The van der Waals surface area contributed by atoms with E-state index >= 15 is 0 Å². The summed E-state index contributed by atoms with van der Waals surface area (Å²) >= 11 is 0. The zero-order valence-electron chi connectivity index (χ0n) is 11.5. The lowest BCUT2D eigenvalue weighted by Crippen LogP contribution is -2.47. The van der Waals surface area contributed by atoms with Gasteiger partial charge in [0.1, 0.15) is 12.1 Å². The maximum Gasteiger partial charge on any atom is 0.411 e. The number of carboxylic acid groups (broad SMARTS) is 1. The van der Waals surface area contributed by atoms with E-state index in [4.69, 9.17) is 4.74 Å². The van der Waals surface area contributed by atoms with Crippen LogP contribution < -0.4 is 0 Å². The molecule has 1 fully saturated rings. The van der Waals surface area contributed by atoms with E-state index < -0.39 is 17.6 Å². The minimum atomic E-state index is -1.04. The van der Waals surface area contributed by atoms with E-state index in [0.717, 1.165) is 5.56 Å². The van der Waals surface area contributed by atoms with E-state index in [9.17, 15) is 14.7 Å². The van der Waals surface area contributed by atoms with Gasteiger partial charge in [0.15, 0.2) is 0 Å². The highest BCUT2D eigenvalue weighted by atomic mass is 16.6. The Kier molecular flexibility index (Phi) is 4.27. The van der Waals surface area contributed by atoms with Gasteiger partial charge in [-0.3, -0.25) is 4.90 Å². The van der Waals surface area contributed by atoms with Crippen molar-refractivity contribution in [1.29, 1.82) is 0 Å². The second kappa shape index (κ2) is 5.94. The van der Waals surface area contributed by atoms with Gasteiger partial charge in [-0.15, -0.1) is 0 Å². The van der Waals surface area contributed by atoms with Crippen molar-refractivity contribution in [2.75, 3.05) is 6.54 Å². The Morgan fingerprint density at radius 3 is 2.45 bits per heavy atom. The van der Waals surface area contributed by atoms with Crippen molar-refractivity contribution in [3.63, 3.8) is 0 Å². The van der Waals surface area contributed by atoms with Crippen LogP contribution in [-0.4, -0.2) is 34.2 Å². The first-order chi connectivity index (χ1) is 9.60. The Morgan fingerprint density at radius 1 is 1.30 bits per heavy atom. The molecule has 1 aliphatic rings. The van der Waals surface area contributed by atoms with Crippen LogP contribution in [0.4, 0.5) is 4.79 Å². The molecule has 5 nitrogen and oxygen atoms in total. The molecule has 0 unspecified atom stereocenters. The standard InChI is InChI=1S/C15H19NO4/c1-2-10-16(15(8-9-15)13(17)18)14(19)20-11-12-6-4-3-5-7-12/h3-7H,2,8-11H2,1H3,(H,17,18). The number of amides is 1. The minimum Gasteiger partial charge on any atom is -0.479 e. The Labute approximate surface area is 118 Å². The molecule has 0 spiro atoms. The van der Waals surface area contributed by atoms with Crippen LogP contribution in [0.15, 0.2) is 30.3 Å². The van der Waals surface area contributed by atoms with E-state index in [1.807, 2.05) is 37.3 Å². The van der Waals surface area contributed by atoms with Crippen LogP contribution in [0.5, 0.6) is 0 Å². The summed E-state index contributed by atoms with van der Waals surface area (Å²) in [4.78, 5) is 24.8. The molecule has 0 aliphatic heterocycles. The summed E-state index contributed by atoms with van der Waals surface area (Å²) in [5.74, 6) is -0.942. The molecule has 2 rings (SSSR count). The summed E-state index contributed by atoms with van der Waals surface area (Å²) in [6.45, 7) is 2.48. The number of carboxylic acids is 1. The summed E-state index contributed by atoms with van der Waals surface area (Å²) in [5, 5.41) is 9.29. The Balaban J connectivity index is 1.99. The van der Waals surface area contributed by atoms with Gasteiger partial charge in [-0.2, -0.15) is 0 Å². The van der Waals surface area contributed by atoms with Crippen molar-refractivity contribution in [2.45, 2.75) is 38.3 Å². The Hall–Kier alpha value is -2.04. The molecule has 0 radical (unpaired) electrons. The molecule has 20 heavy (non-hydrogen) atoms. The molecule has 1 aliphatic carbocycles. The van der Waals surface area contributed by atoms with E-state index in [1.165, 1.54) is 4.90 Å². The van der Waals surface area contributed by atoms with E-state index in [1.54, 1.807) is 0 Å². The monoisotopic (exact) mass is 277 g/mol. The number of hydrogen-bond acceptors (Lipinski definition) is 3. The van der Waals surface area contributed by atoms with Gasteiger partial charge in [-0.1, -0.05) is 37.3 Å². The fourth-order valence-electron chi connectivity index (χ4n) is 2.22. The number of carbonyl (C=O) groups excluding carboxylic acids is 1. The van der Waals surface area contributed by atoms with Crippen LogP contribution in [0.3, 0.4) is 0 Å². The molecular weight excluding hydrogens is 258 g/mol. The second-order valence-electron chi connectivity index (χ2n) is 5.03. The summed E-state index contributed by atoms with van der Waals surface area (Å²) in [6.07, 6.45) is 1.16. The molecule has 5 heteroatoms. The summed E-state index contributed by atoms with van der Waals surface area (Å²) in [6, 6.07) is 9.35. The van der Waals surface area contributed by atoms with Crippen LogP contribution in [0.2, 0.25) is 0 Å². The molecule has 0 heterocycles. The third-order valence-corrected chi connectivity index (χ3v) is 3.51. The van der Waals surface area contributed by atoms with E-state index in [-0.39, 0.29) is 6.61 Å². The summed E-state index contributed by atoms with van der Waals surface area (Å²) in [5.41, 5.74) is -0.151. The average Bonchev–Trinajstić information content (AvgIpc) is 3.25. The Morgan fingerprint density at radius 2 is 1.95 bits per heavy atom. The number of benzene rings is 1. The summed E-state index contributed by atoms with van der Waals surface area (Å²) in [7, 11) is 0. The molecule has 1 aromatic rings. The van der Waals surface area contributed by atoms with Gasteiger partial charge in [0.25, 0.3) is 0 Å². The number of rotatable bonds is 6. The molecule has 1 amide bonds. The fraction of sp³-hybridized carbons (Fsp3) is 0.467. The summed E-state index contributed by atoms with van der Waals surface area (Å²) < 4.78 is 5.24. The molecule has 0 bridgehead atoms. The van der Waals surface area contributed by atoms with E-state index in [0.29, 0.717) is 25.8 Å². The molecule has 0 atom stereocenters. The number of ether oxygens (including phenoxy) is 1. The minimum absolute atomic E-state index is 0.162. The van der Waals surface area contributed by atoms with Crippen LogP contribution in [0.1, 0.15) is 31.7 Å².